The van der Waals surface area contributed by atoms with E-state index < -0.39 is 0 Å². The molecule has 0 bridgehead atoms. The third-order valence-electron chi connectivity index (χ3n) is 4.70. The lowest BCUT2D eigenvalue weighted by molar-refractivity contribution is -0.125. The molecule has 0 aromatic heterocycles. The van der Waals surface area contributed by atoms with E-state index in [0.29, 0.717) is 12.1 Å². The molecule has 3 atom stereocenters. The van der Waals surface area contributed by atoms with Crippen LogP contribution in [0.3, 0.4) is 0 Å². The summed E-state index contributed by atoms with van der Waals surface area (Å²) in [5.74, 6) is 1.78. The summed E-state index contributed by atoms with van der Waals surface area (Å²) in [5, 5.41) is 0. The van der Waals surface area contributed by atoms with Gasteiger partial charge in [-0.1, -0.05) is 31.2 Å². The van der Waals surface area contributed by atoms with Crippen LogP contribution in [0.25, 0.3) is 5.57 Å². The summed E-state index contributed by atoms with van der Waals surface area (Å²) in [7, 11) is 1.67. The van der Waals surface area contributed by atoms with Gasteiger partial charge in [0.25, 0.3) is 0 Å². The number of nitrogens with zero attached hydrogens (tertiary/aromatic N) is 1. The van der Waals surface area contributed by atoms with Crippen molar-refractivity contribution >= 4 is 34.7 Å². The van der Waals surface area contributed by atoms with Crippen molar-refractivity contribution in [3.8, 4) is 0 Å². The van der Waals surface area contributed by atoms with Gasteiger partial charge in [0, 0.05) is 36.3 Å². The predicted molar refractivity (Wildman–Crippen MR) is 98.2 cm³/mol. The molecule has 2 aliphatic rings. The van der Waals surface area contributed by atoms with Crippen LogP contribution in [0.2, 0.25) is 0 Å². The first kappa shape index (κ1) is 17.2. The molecule has 3 rings (SSSR count). The summed E-state index contributed by atoms with van der Waals surface area (Å²) in [6.45, 7) is 4.22. The predicted octanol–water partition coefficient (Wildman–Crippen LogP) is 3.02. The third-order valence-corrected chi connectivity index (χ3v) is 5.86. The van der Waals surface area contributed by atoms with Gasteiger partial charge in [-0.05, 0) is 18.9 Å². The fraction of sp³-hybridized carbons (Fsp3) is 0.474. The van der Waals surface area contributed by atoms with Crippen molar-refractivity contribution in [2.75, 3.05) is 30.1 Å². The molecule has 0 spiro atoms. The van der Waals surface area contributed by atoms with E-state index in [0.717, 1.165) is 22.8 Å². The van der Waals surface area contributed by atoms with Crippen molar-refractivity contribution in [1.82, 2.24) is 0 Å². The molecule has 4 nitrogen and oxygen atoms in total. The first-order valence-electron chi connectivity index (χ1n) is 8.27. The van der Waals surface area contributed by atoms with Crippen LogP contribution in [0.4, 0.5) is 5.69 Å². The number of hydrogen-bond acceptors (Lipinski definition) is 4. The molecule has 0 N–H and O–H groups in total. The highest BCUT2D eigenvalue weighted by Crippen LogP contribution is 2.36. The van der Waals surface area contributed by atoms with Gasteiger partial charge >= 0.3 is 0 Å². The number of ketones is 1. The molecule has 2 aliphatic heterocycles. The number of fused-ring (bicyclic) bond motifs is 1. The number of para-hydroxylation sites is 1. The highest BCUT2D eigenvalue weighted by atomic mass is 32.2. The molecule has 1 aromatic rings. The normalized spacial score (nSPS) is 26.5. The highest BCUT2D eigenvalue weighted by Gasteiger charge is 2.38. The van der Waals surface area contributed by atoms with E-state index in [1.54, 1.807) is 25.8 Å². The minimum atomic E-state index is -0.126. The first-order valence-corrected chi connectivity index (χ1v) is 9.42. The number of thioether (sulfide) groups is 1. The average Bonchev–Trinajstić information content (AvgIpc) is 2.99. The molecule has 128 valence electrons. The molecule has 0 radical (unpaired) electrons. The Morgan fingerprint density at radius 3 is 2.71 bits per heavy atom. The minimum Gasteiger partial charge on any atom is -0.380 e. The second-order valence-corrected chi connectivity index (χ2v) is 7.57. The lowest BCUT2D eigenvalue weighted by atomic mass is 9.98. The minimum absolute atomic E-state index is 0.0338. The maximum absolute atomic E-state index is 13.2. The monoisotopic (exact) mass is 345 g/mol. The summed E-state index contributed by atoms with van der Waals surface area (Å²) in [5.41, 5.74) is 2.39. The number of ether oxygens (including phenoxy) is 1. The average molecular weight is 345 g/mol. The van der Waals surface area contributed by atoms with Crippen LogP contribution in [0.1, 0.15) is 19.4 Å². The summed E-state index contributed by atoms with van der Waals surface area (Å²) in [6, 6.07) is 7.70. The summed E-state index contributed by atoms with van der Waals surface area (Å²) < 4.78 is 5.51. The van der Waals surface area contributed by atoms with Crippen LogP contribution >= 0.6 is 11.8 Å². The molecule has 1 amide bonds. The molecule has 1 aromatic carbocycles. The zero-order valence-electron chi connectivity index (χ0n) is 14.3. The maximum Gasteiger partial charge on any atom is 0.233 e. The van der Waals surface area contributed by atoms with Crippen LogP contribution in [0, 0.1) is 11.8 Å². The Morgan fingerprint density at radius 1 is 1.25 bits per heavy atom. The molecule has 5 heteroatoms. The van der Waals surface area contributed by atoms with E-state index in [2.05, 4.69) is 0 Å². The van der Waals surface area contributed by atoms with Crippen molar-refractivity contribution in [3.63, 3.8) is 0 Å². The van der Waals surface area contributed by atoms with Crippen LogP contribution in [0.15, 0.2) is 30.3 Å². The lowest BCUT2D eigenvalue weighted by Gasteiger charge is -2.29. The van der Waals surface area contributed by atoms with Crippen LogP contribution in [0.5, 0.6) is 0 Å². The second kappa shape index (κ2) is 7.11. The highest BCUT2D eigenvalue weighted by molar-refractivity contribution is 7.99. The summed E-state index contributed by atoms with van der Waals surface area (Å²) >= 11 is 1.76. The van der Waals surface area contributed by atoms with Crippen molar-refractivity contribution in [1.29, 1.82) is 0 Å². The zero-order chi connectivity index (χ0) is 17.3. The summed E-state index contributed by atoms with van der Waals surface area (Å²) in [4.78, 5) is 27.2. The maximum atomic E-state index is 13.2. The van der Waals surface area contributed by atoms with Crippen molar-refractivity contribution in [2.24, 2.45) is 11.8 Å². The molecule has 0 saturated carbocycles. The van der Waals surface area contributed by atoms with Gasteiger partial charge in [-0.15, -0.1) is 0 Å². The number of hydrogen-bond donors (Lipinski definition) is 0. The van der Waals surface area contributed by atoms with Crippen LogP contribution < -0.4 is 4.90 Å². The van der Waals surface area contributed by atoms with Crippen molar-refractivity contribution < 1.29 is 14.3 Å². The van der Waals surface area contributed by atoms with E-state index in [1.807, 2.05) is 42.2 Å². The number of methoxy groups -OCH3 is 1. The fourth-order valence-electron chi connectivity index (χ4n) is 3.46. The quantitative estimate of drug-likeness (QED) is 0.845. The van der Waals surface area contributed by atoms with Crippen LogP contribution in [-0.2, 0) is 14.3 Å². The van der Waals surface area contributed by atoms with E-state index in [-0.39, 0.29) is 29.6 Å². The molecule has 1 fully saturated rings. The molecule has 24 heavy (non-hydrogen) atoms. The Labute approximate surface area is 147 Å². The molecule has 1 saturated heterocycles. The topological polar surface area (TPSA) is 46.6 Å². The van der Waals surface area contributed by atoms with Crippen molar-refractivity contribution in [2.45, 2.75) is 20.0 Å². The number of carbonyl (C=O) groups is 2. The standard InChI is InChI=1S/C19H23NO3S/c1-12-8-15(13(2)21)14-6-4-5-7-17(14)20(9-12)19(22)16-10-24-11-18(16)23-3/h4-8,12,16,18H,9-11H2,1-3H3/t12-,16?,18?/m1/s1. The number of benzene rings is 1. The number of carbonyl (C=O) groups excluding carboxylic acids is 2. The largest absolute Gasteiger partial charge is 0.380 e. The van der Waals surface area contributed by atoms with Gasteiger partial charge in [0.1, 0.15) is 0 Å². The molecule has 2 heterocycles. The Hall–Kier alpha value is -1.59. The SMILES string of the molecule is COC1CSCC1C(=O)N1C[C@H](C)C=C(C(C)=O)c2ccccc21. The van der Waals surface area contributed by atoms with E-state index in [9.17, 15) is 9.59 Å². The van der Waals surface area contributed by atoms with Gasteiger partial charge in [0.2, 0.25) is 5.91 Å². The van der Waals surface area contributed by atoms with Gasteiger partial charge in [-0.2, -0.15) is 11.8 Å². The molecular formula is C19H23NO3S. The number of amides is 1. The van der Waals surface area contributed by atoms with Gasteiger partial charge < -0.3 is 9.64 Å². The number of allylic oxidation sites excluding steroid dienone is 1. The smallest absolute Gasteiger partial charge is 0.233 e. The molecule has 0 aliphatic carbocycles. The Morgan fingerprint density at radius 2 is 2.00 bits per heavy atom. The van der Waals surface area contributed by atoms with Crippen molar-refractivity contribution in [3.05, 3.63) is 35.9 Å². The van der Waals surface area contributed by atoms with Gasteiger partial charge in [0.15, 0.2) is 5.78 Å². The number of rotatable bonds is 3. The summed E-state index contributed by atoms with van der Waals surface area (Å²) in [6.07, 6.45) is 1.96. The molecular weight excluding hydrogens is 322 g/mol. The zero-order valence-corrected chi connectivity index (χ0v) is 15.1. The molecule has 2 unspecified atom stereocenters. The number of Topliss-reactive ketones (excluding diaryl/α,β-unsaturated/α-hetero) is 1. The van der Waals surface area contributed by atoms with Crippen LogP contribution in [-0.4, -0.2) is 43.0 Å². The lowest BCUT2D eigenvalue weighted by Crippen LogP contribution is -2.43. The Balaban J connectivity index is 2.01. The van der Waals surface area contributed by atoms with E-state index >= 15 is 0 Å². The first-order chi connectivity index (χ1) is 11.5. The van der Waals surface area contributed by atoms with Gasteiger partial charge in [0.05, 0.1) is 17.7 Å². The van der Waals surface area contributed by atoms with Gasteiger partial charge in [-0.25, -0.2) is 0 Å². The van der Waals surface area contributed by atoms with Gasteiger partial charge in [-0.3, -0.25) is 9.59 Å². The third kappa shape index (κ3) is 3.15. The Kier molecular flexibility index (Phi) is 5.11. The Bertz CT molecular complexity index is 685. The fourth-order valence-corrected chi connectivity index (χ4v) is 4.81. The number of anilines is 1. The van der Waals surface area contributed by atoms with E-state index in [4.69, 9.17) is 4.74 Å². The van der Waals surface area contributed by atoms with E-state index in [1.165, 1.54) is 0 Å². The second-order valence-electron chi connectivity index (χ2n) is 6.50.